The van der Waals surface area contributed by atoms with Gasteiger partial charge in [-0.1, -0.05) is 6.92 Å². The molecule has 29 heavy (non-hydrogen) atoms. The van der Waals surface area contributed by atoms with Gasteiger partial charge in [0.05, 0.1) is 35.9 Å². The van der Waals surface area contributed by atoms with Crippen molar-refractivity contribution in [3.8, 4) is 0 Å². The van der Waals surface area contributed by atoms with E-state index in [0.717, 1.165) is 10.9 Å². The molecule has 11 nitrogen and oxygen atoms in total. The Morgan fingerprint density at radius 2 is 2.14 bits per heavy atom. The summed E-state index contributed by atoms with van der Waals surface area (Å²) in [6.07, 6.45) is 1.56. The van der Waals surface area contributed by atoms with E-state index in [1.165, 1.54) is 24.5 Å². The van der Waals surface area contributed by atoms with Crippen molar-refractivity contribution in [1.29, 1.82) is 0 Å². The van der Waals surface area contributed by atoms with Crippen LogP contribution in [0, 0.1) is 24.0 Å². The molecule has 0 bridgehead atoms. The average molecular weight is 415 g/mol. The molecule has 150 valence electrons. The van der Waals surface area contributed by atoms with E-state index in [0.29, 0.717) is 33.4 Å². The lowest BCUT2D eigenvalue weighted by molar-refractivity contribution is -0.389. The van der Waals surface area contributed by atoms with Crippen molar-refractivity contribution in [1.82, 2.24) is 29.4 Å². The third kappa shape index (κ3) is 3.10. The molecule has 1 atom stereocenters. The average Bonchev–Trinajstić information content (AvgIpc) is 3.36. The van der Waals surface area contributed by atoms with Gasteiger partial charge in [-0.05, 0) is 24.3 Å². The molecule has 0 spiro atoms. The minimum absolute atomic E-state index is 0.151. The summed E-state index contributed by atoms with van der Waals surface area (Å²) >= 11 is 1.25. The number of thiophene rings is 1. The van der Waals surface area contributed by atoms with Crippen molar-refractivity contribution in [3.63, 3.8) is 0 Å². The van der Waals surface area contributed by atoms with Gasteiger partial charge < -0.3 is 14.9 Å². The standard InChI is InChI=1S/C17H17N7O4S/c1-8(6-22-9(2)5-11(20-22)24(26)27)14-19-15-12-10(3)13(17(25)28-4)29-16(12)18-7-23(15)21-14/h5,7-8H,6H2,1-4H3. The molecule has 0 amide bonds. The fraction of sp³-hybridized carbons (Fsp3) is 0.353. The molecule has 0 aliphatic carbocycles. The van der Waals surface area contributed by atoms with Crippen molar-refractivity contribution >= 4 is 39.0 Å². The maximum atomic E-state index is 12.0. The minimum Gasteiger partial charge on any atom is -0.465 e. The topological polar surface area (TPSA) is 130 Å². The summed E-state index contributed by atoms with van der Waals surface area (Å²) in [7, 11) is 1.34. The van der Waals surface area contributed by atoms with E-state index >= 15 is 0 Å². The molecule has 0 radical (unpaired) electrons. The maximum Gasteiger partial charge on any atom is 0.390 e. The van der Waals surface area contributed by atoms with Gasteiger partial charge in [-0.2, -0.15) is 4.68 Å². The van der Waals surface area contributed by atoms with Crippen LogP contribution in [-0.2, 0) is 11.3 Å². The summed E-state index contributed by atoms with van der Waals surface area (Å²) in [5, 5.41) is 20.2. The largest absolute Gasteiger partial charge is 0.465 e. The zero-order valence-corrected chi connectivity index (χ0v) is 16.9. The number of methoxy groups -OCH3 is 1. The molecule has 0 saturated heterocycles. The molecular formula is C17H17N7O4S. The number of fused-ring (bicyclic) bond motifs is 3. The fourth-order valence-electron chi connectivity index (χ4n) is 3.15. The Balaban J connectivity index is 1.73. The van der Waals surface area contributed by atoms with E-state index in [1.54, 1.807) is 22.4 Å². The van der Waals surface area contributed by atoms with Crippen LogP contribution in [0.25, 0.3) is 15.9 Å². The van der Waals surface area contributed by atoms with Crippen molar-refractivity contribution < 1.29 is 14.5 Å². The van der Waals surface area contributed by atoms with Crippen LogP contribution in [-0.4, -0.2) is 47.4 Å². The zero-order chi connectivity index (χ0) is 20.9. The molecule has 12 heteroatoms. The molecule has 0 aliphatic heterocycles. The maximum absolute atomic E-state index is 12.0. The Morgan fingerprint density at radius 3 is 2.79 bits per heavy atom. The van der Waals surface area contributed by atoms with Crippen molar-refractivity contribution in [3.05, 3.63) is 44.5 Å². The molecular weight excluding hydrogens is 398 g/mol. The van der Waals surface area contributed by atoms with E-state index in [9.17, 15) is 14.9 Å². The third-order valence-electron chi connectivity index (χ3n) is 4.70. The number of carbonyl (C=O) groups is 1. The number of ether oxygens (including phenoxy) is 1. The van der Waals surface area contributed by atoms with Crippen LogP contribution in [0.5, 0.6) is 0 Å². The lowest BCUT2D eigenvalue weighted by atomic mass is 10.1. The molecule has 4 aromatic rings. The van der Waals surface area contributed by atoms with Crippen molar-refractivity contribution in [2.24, 2.45) is 0 Å². The molecule has 0 N–H and O–H groups in total. The Hall–Kier alpha value is -3.41. The molecule has 0 aromatic carbocycles. The minimum atomic E-state index is -0.516. The predicted octanol–water partition coefficient (Wildman–Crippen LogP) is 2.65. The number of aryl methyl sites for hydroxylation is 2. The molecule has 4 rings (SSSR count). The SMILES string of the molecule is COC(=O)c1sc2ncn3nc(C(C)Cn4nc([N+](=O)[O-])cc4C)nc3c2c1C. The Morgan fingerprint density at radius 1 is 1.38 bits per heavy atom. The highest BCUT2D eigenvalue weighted by Crippen LogP contribution is 2.32. The van der Waals surface area contributed by atoms with E-state index in [2.05, 4.69) is 20.2 Å². The normalized spacial score (nSPS) is 12.6. The lowest BCUT2D eigenvalue weighted by Crippen LogP contribution is -2.11. The number of esters is 1. The van der Waals surface area contributed by atoms with Crippen LogP contribution in [0.2, 0.25) is 0 Å². The summed E-state index contributed by atoms with van der Waals surface area (Å²) in [4.78, 5) is 32.6. The van der Waals surface area contributed by atoms with Crippen LogP contribution < -0.4 is 0 Å². The lowest BCUT2D eigenvalue weighted by Gasteiger charge is -2.05. The highest BCUT2D eigenvalue weighted by atomic mass is 32.1. The summed E-state index contributed by atoms with van der Waals surface area (Å²) in [5.41, 5.74) is 2.04. The Bertz CT molecular complexity index is 1270. The second-order valence-electron chi connectivity index (χ2n) is 6.69. The fourth-order valence-corrected chi connectivity index (χ4v) is 4.22. The van der Waals surface area contributed by atoms with E-state index in [4.69, 9.17) is 4.74 Å². The molecule has 0 fully saturated rings. The first-order chi connectivity index (χ1) is 13.8. The monoisotopic (exact) mass is 415 g/mol. The molecule has 1 unspecified atom stereocenters. The van der Waals surface area contributed by atoms with Crippen LogP contribution >= 0.6 is 11.3 Å². The quantitative estimate of drug-likeness (QED) is 0.276. The smallest absolute Gasteiger partial charge is 0.390 e. The number of hydrogen-bond acceptors (Lipinski definition) is 9. The third-order valence-corrected chi connectivity index (χ3v) is 5.88. The number of hydrogen-bond donors (Lipinski definition) is 0. The van der Waals surface area contributed by atoms with Gasteiger partial charge in [0.1, 0.15) is 16.0 Å². The predicted molar refractivity (Wildman–Crippen MR) is 104 cm³/mol. The second-order valence-corrected chi connectivity index (χ2v) is 7.69. The number of rotatable bonds is 5. The van der Waals surface area contributed by atoms with Gasteiger partial charge in [0.2, 0.25) is 0 Å². The first-order valence-electron chi connectivity index (χ1n) is 8.71. The van der Waals surface area contributed by atoms with Crippen LogP contribution in [0.3, 0.4) is 0 Å². The number of nitrogens with zero attached hydrogens (tertiary/aromatic N) is 7. The summed E-state index contributed by atoms with van der Waals surface area (Å²) in [6.45, 7) is 5.91. The summed E-state index contributed by atoms with van der Waals surface area (Å²) in [5.74, 6) is -0.190. The van der Waals surface area contributed by atoms with Gasteiger partial charge in [0.25, 0.3) is 0 Å². The van der Waals surface area contributed by atoms with E-state index < -0.39 is 10.9 Å². The summed E-state index contributed by atoms with van der Waals surface area (Å²) in [6, 6.07) is 1.43. The van der Waals surface area contributed by atoms with Crippen molar-refractivity contribution in [2.75, 3.05) is 7.11 Å². The Labute approximate surface area is 168 Å². The van der Waals surface area contributed by atoms with Gasteiger partial charge in [-0.3, -0.25) is 0 Å². The highest BCUT2D eigenvalue weighted by Gasteiger charge is 2.23. The number of aromatic nitrogens is 6. The number of nitro groups is 1. The van der Waals surface area contributed by atoms with Crippen LogP contribution in [0.15, 0.2) is 12.4 Å². The molecule has 0 aliphatic rings. The number of carbonyl (C=O) groups excluding carboxylic acids is 1. The van der Waals surface area contributed by atoms with E-state index in [1.807, 2.05) is 13.8 Å². The van der Waals surface area contributed by atoms with Crippen LogP contribution in [0.1, 0.15) is 39.6 Å². The van der Waals surface area contributed by atoms with Gasteiger partial charge >= 0.3 is 11.8 Å². The zero-order valence-electron chi connectivity index (χ0n) is 16.1. The first kappa shape index (κ1) is 18.9. The van der Waals surface area contributed by atoms with Gasteiger partial charge in [-0.15, -0.1) is 16.4 Å². The molecule has 0 saturated carbocycles. The van der Waals surface area contributed by atoms with Gasteiger partial charge in [0, 0.05) is 5.92 Å². The molecule has 4 aromatic heterocycles. The Kier molecular flexibility index (Phi) is 4.49. The first-order valence-corrected chi connectivity index (χ1v) is 9.53. The van der Waals surface area contributed by atoms with E-state index in [-0.39, 0.29) is 11.7 Å². The highest BCUT2D eigenvalue weighted by molar-refractivity contribution is 7.20. The molecule has 4 heterocycles. The second kappa shape index (κ2) is 6.88. The van der Waals surface area contributed by atoms with Crippen molar-refractivity contribution in [2.45, 2.75) is 33.2 Å². The van der Waals surface area contributed by atoms with Gasteiger partial charge in [0.15, 0.2) is 11.5 Å². The van der Waals surface area contributed by atoms with Crippen LogP contribution in [0.4, 0.5) is 5.82 Å². The summed E-state index contributed by atoms with van der Waals surface area (Å²) < 4.78 is 8.00. The van der Waals surface area contributed by atoms with Gasteiger partial charge in [-0.25, -0.2) is 19.3 Å².